The van der Waals surface area contributed by atoms with Crippen LogP contribution in [0.5, 0.6) is 5.75 Å². The van der Waals surface area contributed by atoms with Crippen molar-refractivity contribution in [1.82, 2.24) is 0 Å². The topological polar surface area (TPSA) is 66.5 Å². The second-order valence-electron chi connectivity index (χ2n) is 3.39. The van der Waals surface area contributed by atoms with Crippen molar-refractivity contribution in [3.05, 3.63) is 23.8 Å². The van der Waals surface area contributed by atoms with Crippen LogP contribution in [0.15, 0.2) is 23.1 Å². The summed E-state index contributed by atoms with van der Waals surface area (Å²) in [6.45, 7) is -0.197. The average molecular weight is 267 g/mol. The molecule has 96 valence electrons. The van der Waals surface area contributed by atoms with E-state index in [1.807, 2.05) is 0 Å². The van der Waals surface area contributed by atoms with Crippen LogP contribution in [0, 0.1) is 0 Å². The summed E-state index contributed by atoms with van der Waals surface area (Å²) in [6, 6.07) is 2.84. The minimum Gasteiger partial charge on any atom is -0.508 e. The van der Waals surface area contributed by atoms with Crippen LogP contribution in [0.3, 0.4) is 0 Å². The van der Waals surface area contributed by atoms with Crippen LogP contribution >= 0.6 is 11.8 Å². The molecule has 1 rings (SSSR count). The van der Waals surface area contributed by atoms with Crippen molar-refractivity contribution in [2.45, 2.75) is 22.9 Å². The molecule has 0 amide bonds. The maximum atomic E-state index is 12.2. The summed E-state index contributed by atoms with van der Waals surface area (Å²) in [7, 11) is 0. The van der Waals surface area contributed by atoms with Crippen molar-refractivity contribution < 1.29 is 23.4 Å². The molecule has 17 heavy (non-hydrogen) atoms. The molecular formula is C10H12F3NO2S. The SMILES string of the molecule is N[C@@H](CCO)c1cc(SC(F)(F)F)ccc1O. The van der Waals surface area contributed by atoms with Gasteiger partial charge in [-0.05, 0) is 36.4 Å². The van der Waals surface area contributed by atoms with E-state index in [0.717, 1.165) is 0 Å². The molecule has 0 unspecified atom stereocenters. The van der Waals surface area contributed by atoms with Gasteiger partial charge in [-0.1, -0.05) is 0 Å². The Labute approximate surface area is 100 Å². The molecular weight excluding hydrogens is 255 g/mol. The zero-order valence-corrected chi connectivity index (χ0v) is 9.55. The van der Waals surface area contributed by atoms with Crippen molar-refractivity contribution in [3.63, 3.8) is 0 Å². The zero-order chi connectivity index (χ0) is 13.1. The normalized spacial score (nSPS) is 13.7. The fourth-order valence-electron chi connectivity index (χ4n) is 1.32. The maximum Gasteiger partial charge on any atom is 0.446 e. The van der Waals surface area contributed by atoms with Gasteiger partial charge >= 0.3 is 5.51 Å². The van der Waals surface area contributed by atoms with E-state index in [2.05, 4.69) is 0 Å². The fraction of sp³-hybridized carbons (Fsp3) is 0.400. The number of alkyl halides is 3. The fourth-order valence-corrected chi connectivity index (χ4v) is 1.91. The minimum absolute atomic E-state index is 0.0429. The van der Waals surface area contributed by atoms with E-state index >= 15 is 0 Å². The van der Waals surface area contributed by atoms with Crippen molar-refractivity contribution >= 4 is 11.8 Å². The predicted molar refractivity (Wildman–Crippen MR) is 58.7 cm³/mol. The van der Waals surface area contributed by atoms with Crippen LogP contribution in [-0.2, 0) is 0 Å². The highest BCUT2D eigenvalue weighted by molar-refractivity contribution is 8.00. The number of aromatic hydroxyl groups is 1. The molecule has 0 saturated carbocycles. The lowest BCUT2D eigenvalue weighted by Gasteiger charge is -2.14. The molecule has 1 atom stereocenters. The first-order valence-corrected chi connectivity index (χ1v) is 5.60. The second kappa shape index (κ2) is 5.61. The van der Waals surface area contributed by atoms with Gasteiger partial charge in [0.05, 0.1) is 0 Å². The monoisotopic (exact) mass is 267 g/mol. The van der Waals surface area contributed by atoms with Gasteiger partial charge in [0.2, 0.25) is 0 Å². The molecule has 0 aliphatic rings. The van der Waals surface area contributed by atoms with Gasteiger partial charge in [-0.25, -0.2) is 0 Å². The standard InChI is InChI=1S/C10H12F3NO2S/c11-10(12,13)17-6-1-2-9(16)7(5-6)8(14)3-4-15/h1-2,5,8,15-16H,3-4,14H2/t8-/m0/s1. The number of benzene rings is 1. The average Bonchev–Trinajstić information content (AvgIpc) is 2.19. The predicted octanol–water partition coefficient (Wildman–Crippen LogP) is 2.39. The lowest BCUT2D eigenvalue weighted by Crippen LogP contribution is -2.12. The number of hydrogen-bond donors (Lipinski definition) is 3. The van der Waals surface area contributed by atoms with Crippen LogP contribution in [-0.4, -0.2) is 22.3 Å². The van der Waals surface area contributed by atoms with Gasteiger partial charge in [0.1, 0.15) is 5.75 Å². The van der Waals surface area contributed by atoms with Gasteiger partial charge in [0.15, 0.2) is 0 Å². The molecule has 4 N–H and O–H groups in total. The van der Waals surface area contributed by atoms with E-state index in [4.69, 9.17) is 10.8 Å². The van der Waals surface area contributed by atoms with E-state index in [0.29, 0.717) is 0 Å². The Morgan fingerprint density at radius 3 is 2.53 bits per heavy atom. The van der Waals surface area contributed by atoms with E-state index < -0.39 is 11.6 Å². The molecule has 0 heterocycles. The summed E-state index contributed by atoms with van der Waals surface area (Å²) in [5.41, 5.74) is 1.45. The van der Waals surface area contributed by atoms with Crippen molar-refractivity contribution in [1.29, 1.82) is 0 Å². The smallest absolute Gasteiger partial charge is 0.446 e. The van der Waals surface area contributed by atoms with Crippen LogP contribution in [0.1, 0.15) is 18.0 Å². The summed E-state index contributed by atoms with van der Waals surface area (Å²) >= 11 is -0.270. The number of aliphatic hydroxyl groups is 1. The highest BCUT2D eigenvalue weighted by Crippen LogP contribution is 2.39. The second-order valence-corrected chi connectivity index (χ2v) is 4.53. The van der Waals surface area contributed by atoms with Crippen molar-refractivity contribution in [2.24, 2.45) is 5.73 Å². The number of thioether (sulfide) groups is 1. The van der Waals surface area contributed by atoms with Crippen LogP contribution in [0.2, 0.25) is 0 Å². The number of phenolic OH excluding ortho intramolecular Hbond substituents is 1. The third kappa shape index (κ3) is 4.45. The molecule has 0 fully saturated rings. The number of halogens is 3. The quantitative estimate of drug-likeness (QED) is 0.733. The number of nitrogens with two attached hydrogens (primary N) is 1. The van der Waals surface area contributed by atoms with Crippen molar-refractivity contribution in [3.8, 4) is 5.75 Å². The summed E-state index contributed by atoms with van der Waals surface area (Å²) in [5.74, 6) is -0.169. The Bertz CT molecular complexity index is 384. The first-order valence-electron chi connectivity index (χ1n) is 4.78. The number of phenols is 1. The Morgan fingerprint density at radius 2 is 2.00 bits per heavy atom. The van der Waals surface area contributed by atoms with Gasteiger partial charge in [0, 0.05) is 23.1 Å². The molecule has 0 aliphatic heterocycles. The summed E-state index contributed by atoms with van der Waals surface area (Å²) in [5, 5.41) is 18.2. The molecule has 0 saturated heterocycles. The highest BCUT2D eigenvalue weighted by Gasteiger charge is 2.29. The van der Waals surface area contributed by atoms with Crippen molar-refractivity contribution in [2.75, 3.05) is 6.61 Å². The van der Waals surface area contributed by atoms with Gasteiger partial charge < -0.3 is 15.9 Å². The highest BCUT2D eigenvalue weighted by atomic mass is 32.2. The third-order valence-corrected chi connectivity index (χ3v) is 2.79. The van der Waals surface area contributed by atoms with Gasteiger partial charge in [-0.2, -0.15) is 13.2 Å². The lowest BCUT2D eigenvalue weighted by atomic mass is 10.0. The molecule has 0 aliphatic carbocycles. The van der Waals surface area contributed by atoms with E-state index in [9.17, 15) is 18.3 Å². The molecule has 7 heteroatoms. The van der Waals surface area contributed by atoms with Crippen LogP contribution < -0.4 is 5.73 Å². The Hall–Kier alpha value is -0.920. The molecule has 0 aromatic heterocycles. The molecule has 1 aromatic rings. The molecule has 0 spiro atoms. The zero-order valence-electron chi connectivity index (χ0n) is 8.74. The first kappa shape index (κ1) is 14.1. The third-order valence-electron chi connectivity index (χ3n) is 2.07. The Morgan fingerprint density at radius 1 is 1.35 bits per heavy atom. The minimum atomic E-state index is -4.38. The molecule has 1 aromatic carbocycles. The van der Waals surface area contributed by atoms with Crippen LogP contribution in [0.25, 0.3) is 0 Å². The molecule has 3 nitrogen and oxygen atoms in total. The Balaban J connectivity index is 2.94. The maximum absolute atomic E-state index is 12.2. The number of rotatable bonds is 4. The summed E-state index contributed by atoms with van der Waals surface area (Å²) < 4.78 is 36.5. The number of aliphatic hydroxyl groups excluding tert-OH is 1. The van der Waals surface area contributed by atoms with Crippen LogP contribution in [0.4, 0.5) is 13.2 Å². The van der Waals surface area contributed by atoms with Gasteiger partial charge in [-0.3, -0.25) is 0 Å². The van der Waals surface area contributed by atoms with E-state index in [-0.39, 0.29) is 41.0 Å². The first-order chi connectivity index (χ1) is 7.83. The van der Waals surface area contributed by atoms with E-state index in [1.165, 1.54) is 18.2 Å². The number of hydrogen-bond acceptors (Lipinski definition) is 4. The molecule has 0 bridgehead atoms. The van der Waals surface area contributed by atoms with Gasteiger partial charge in [-0.15, -0.1) is 0 Å². The Kier molecular flexibility index (Phi) is 4.67. The largest absolute Gasteiger partial charge is 0.508 e. The lowest BCUT2D eigenvalue weighted by molar-refractivity contribution is -0.0328. The van der Waals surface area contributed by atoms with E-state index in [1.54, 1.807) is 0 Å². The summed E-state index contributed by atoms with van der Waals surface area (Å²) in [4.78, 5) is -0.0429. The van der Waals surface area contributed by atoms with Gasteiger partial charge in [0.25, 0.3) is 0 Å². The molecule has 0 radical (unpaired) electrons. The summed E-state index contributed by atoms with van der Waals surface area (Å²) in [6.07, 6.45) is 0.174.